The average molecular weight is 388 g/mol. The minimum Gasteiger partial charge on any atom is -0.324 e. The molecule has 4 rings (SSSR count). The van der Waals surface area contributed by atoms with E-state index in [0.717, 1.165) is 33.4 Å². The number of rotatable bonds is 4. The maximum atomic E-state index is 13.3. The maximum Gasteiger partial charge on any atom is 0.273 e. The van der Waals surface area contributed by atoms with E-state index in [1.165, 1.54) is 6.07 Å². The summed E-state index contributed by atoms with van der Waals surface area (Å²) in [7, 11) is 0. The summed E-state index contributed by atoms with van der Waals surface area (Å²) in [5.41, 5.74) is 4.83. The van der Waals surface area contributed by atoms with Gasteiger partial charge in [-0.2, -0.15) is 4.98 Å². The average Bonchev–Trinajstić information content (AvgIpc) is 3.00. The number of anilines is 1. The van der Waals surface area contributed by atoms with Gasteiger partial charge in [0.1, 0.15) is 6.04 Å². The molecule has 1 amide bonds. The second kappa shape index (κ2) is 7.20. The Labute approximate surface area is 168 Å². The molecule has 0 aliphatic carbocycles. The largest absolute Gasteiger partial charge is 0.324 e. The Morgan fingerprint density at radius 3 is 2.62 bits per heavy atom. The van der Waals surface area contributed by atoms with Crippen molar-refractivity contribution in [2.24, 2.45) is 0 Å². The number of aryl methyl sites for hydroxylation is 3. The third-order valence-electron chi connectivity index (χ3n) is 5.33. The third kappa shape index (κ3) is 3.20. The summed E-state index contributed by atoms with van der Waals surface area (Å²) in [6.45, 7) is 7.83. The zero-order chi connectivity index (χ0) is 20.7. The van der Waals surface area contributed by atoms with Gasteiger partial charge in [0.25, 0.3) is 5.56 Å². The van der Waals surface area contributed by atoms with E-state index in [0.29, 0.717) is 12.1 Å². The van der Waals surface area contributed by atoms with E-state index in [9.17, 15) is 9.59 Å². The summed E-state index contributed by atoms with van der Waals surface area (Å²) < 4.78 is 3.83. The minimum atomic E-state index is -0.458. The van der Waals surface area contributed by atoms with Crippen molar-refractivity contribution in [2.45, 2.75) is 40.2 Å². The van der Waals surface area contributed by atoms with Crippen LogP contribution in [0.15, 0.2) is 53.3 Å². The lowest BCUT2D eigenvalue weighted by atomic mass is 10.1. The molecule has 2 aromatic carbocycles. The number of para-hydroxylation sites is 1. The minimum absolute atomic E-state index is 0.0954. The monoisotopic (exact) mass is 388 g/mol. The van der Waals surface area contributed by atoms with Crippen molar-refractivity contribution in [1.82, 2.24) is 14.2 Å². The Balaban J connectivity index is 1.90. The number of amides is 1. The Kier molecular flexibility index (Phi) is 4.70. The molecule has 0 saturated heterocycles. The smallest absolute Gasteiger partial charge is 0.273 e. The first kappa shape index (κ1) is 18.9. The van der Waals surface area contributed by atoms with Crippen LogP contribution in [0.1, 0.15) is 36.2 Å². The fourth-order valence-electron chi connectivity index (χ4n) is 3.87. The van der Waals surface area contributed by atoms with Crippen LogP contribution in [0, 0.1) is 20.8 Å². The van der Waals surface area contributed by atoms with Gasteiger partial charge in [0.2, 0.25) is 5.91 Å². The van der Waals surface area contributed by atoms with Gasteiger partial charge in [-0.15, -0.1) is 0 Å². The molecule has 2 heterocycles. The molecule has 148 valence electrons. The number of carbonyl (C=O) groups is 1. The molecule has 0 unspecified atom stereocenters. The molecule has 0 fully saturated rings. The Bertz CT molecular complexity index is 1300. The molecule has 0 aliphatic rings. The van der Waals surface area contributed by atoms with Crippen molar-refractivity contribution in [3.63, 3.8) is 0 Å². The Morgan fingerprint density at radius 2 is 1.86 bits per heavy atom. The van der Waals surface area contributed by atoms with Crippen LogP contribution >= 0.6 is 0 Å². The molecule has 29 heavy (non-hydrogen) atoms. The van der Waals surface area contributed by atoms with Crippen LogP contribution in [0.2, 0.25) is 0 Å². The highest BCUT2D eigenvalue weighted by molar-refractivity contribution is 5.98. The second-order valence-electron chi connectivity index (χ2n) is 7.46. The fourth-order valence-corrected chi connectivity index (χ4v) is 3.87. The highest BCUT2D eigenvalue weighted by Crippen LogP contribution is 2.28. The number of fused-ring (bicyclic) bond motifs is 3. The molecule has 0 saturated carbocycles. The van der Waals surface area contributed by atoms with E-state index in [4.69, 9.17) is 0 Å². The molecular weight excluding hydrogens is 364 g/mol. The second-order valence-corrected chi connectivity index (χ2v) is 7.46. The van der Waals surface area contributed by atoms with Crippen molar-refractivity contribution in [3.8, 4) is 0 Å². The number of hydrogen-bond donors (Lipinski definition) is 1. The van der Waals surface area contributed by atoms with Gasteiger partial charge in [0.15, 0.2) is 5.65 Å². The first-order chi connectivity index (χ1) is 13.9. The fraction of sp³-hybridized carbons (Fsp3) is 0.261. The molecule has 0 bridgehead atoms. The molecule has 6 nitrogen and oxygen atoms in total. The van der Waals surface area contributed by atoms with Gasteiger partial charge in [0.05, 0.1) is 5.52 Å². The van der Waals surface area contributed by atoms with Crippen LogP contribution < -0.4 is 10.9 Å². The first-order valence-electron chi connectivity index (χ1n) is 9.78. The standard InChI is InChI=1S/C23H24N4O2/c1-5-19(23(29)24-18-12-14(2)10-11-15(18)3)27-20-9-7-6-8-17(20)22-25-21(28)13-16(4)26(22)27/h6-13,19H,5H2,1-4H3,(H,24,29)/t19-/m1/s1. The van der Waals surface area contributed by atoms with Crippen LogP contribution in [-0.4, -0.2) is 20.1 Å². The molecule has 4 aromatic rings. The molecule has 1 N–H and O–H groups in total. The number of carbonyl (C=O) groups excluding carboxylic acids is 1. The van der Waals surface area contributed by atoms with E-state index in [-0.39, 0.29) is 11.5 Å². The first-order valence-corrected chi connectivity index (χ1v) is 9.78. The van der Waals surface area contributed by atoms with Gasteiger partial charge in [-0.25, -0.2) is 4.52 Å². The van der Waals surface area contributed by atoms with Crippen molar-refractivity contribution >= 4 is 28.1 Å². The summed E-state index contributed by atoms with van der Waals surface area (Å²) >= 11 is 0. The lowest BCUT2D eigenvalue weighted by Gasteiger charge is -2.21. The van der Waals surface area contributed by atoms with Gasteiger partial charge < -0.3 is 5.32 Å². The van der Waals surface area contributed by atoms with Crippen LogP contribution in [0.5, 0.6) is 0 Å². The molecule has 2 aromatic heterocycles. The van der Waals surface area contributed by atoms with Crippen LogP contribution in [0.4, 0.5) is 5.69 Å². The van der Waals surface area contributed by atoms with Crippen LogP contribution in [-0.2, 0) is 4.79 Å². The number of nitrogens with one attached hydrogen (secondary N) is 1. The van der Waals surface area contributed by atoms with E-state index < -0.39 is 6.04 Å². The Hall–Kier alpha value is -3.41. The van der Waals surface area contributed by atoms with Gasteiger partial charge in [-0.1, -0.05) is 31.2 Å². The van der Waals surface area contributed by atoms with Crippen molar-refractivity contribution in [2.75, 3.05) is 5.32 Å². The zero-order valence-corrected chi connectivity index (χ0v) is 17.1. The van der Waals surface area contributed by atoms with E-state index in [1.54, 1.807) is 0 Å². The van der Waals surface area contributed by atoms with Gasteiger partial charge >= 0.3 is 0 Å². The highest BCUT2D eigenvalue weighted by atomic mass is 16.2. The molecule has 0 spiro atoms. The summed E-state index contributed by atoms with van der Waals surface area (Å²) in [6.07, 6.45) is 0.593. The van der Waals surface area contributed by atoms with Crippen molar-refractivity contribution in [1.29, 1.82) is 0 Å². The van der Waals surface area contributed by atoms with Crippen LogP contribution in [0.25, 0.3) is 16.6 Å². The van der Waals surface area contributed by atoms with Gasteiger partial charge in [-0.05, 0) is 56.5 Å². The molecule has 1 atom stereocenters. The quantitative estimate of drug-likeness (QED) is 0.571. The number of aromatic nitrogens is 3. The van der Waals surface area contributed by atoms with Crippen molar-refractivity contribution in [3.05, 3.63) is 75.7 Å². The van der Waals surface area contributed by atoms with Gasteiger partial charge in [-0.3, -0.25) is 14.3 Å². The third-order valence-corrected chi connectivity index (χ3v) is 5.33. The van der Waals surface area contributed by atoms with Crippen molar-refractivity contribution < 1.29 is 4.79 Å². The summed E-state index contributed by atoms with van der Waals surface area (Å²) in [5.74, 6) is -0.0954. The maximum absolute atomic E-state index is 13.3. The van der Waals surface area contributed by atoms with E-state index in [1.807, 2.05) is 79.4 Å². The normalized spacial score (nSPS) is 12.4. The number of nitrogens with zero attached hydrogens (tertiary/aromatic N) is 3. The van der Waals surface area contributed by atoms with E-state index in [2.05, 4.69) is 10.3 Å². The zero-order valence-electron chi connectivity index (χ0n) is 17.1. The predicted octanol–water partition coefficient (Wildman–Crippen LogP) is 4.16. The summed E-state index contributed by atoms with van der Waals surface area (Å²) in [6, 6.07) is 14.8. The number of hydrogen-bond acceptors (Lipinski definition) is 3. The van der Waals surface area contributed by atoms with E-state index >= 15 is 0 Å². The Morgan fingerprint density at radius 1 is 1.10 bits per heavy atom. The molecule has 0 aliphatic heterocycles. The highest BCUT2D eigenvalue weighted by Gasteiger charge is 2.25. The lowest BCUT2D eigenvalue weighted by Crippen LogP contribution is -2.29. The van der Waals surface area contributed by atoms with Gasteiger partial charge in [0, 0.05) is 22.8 Å². The predicted molar refractivity (Wildman–Crippen MR) is 116 cm³/mol. The number of benzene rings is 2. The molecule has 0 radical (unpaired) electrons. The summed E-state index contributed by atoms with van der Waals surface area (Å²) in [5, 5.41) is 3.95. The SMILES string of the molecule is CC[C@H](C(=O)Nc1cc(C)ccc1C)n1c2ccccc2c2nc(=O)cc(C)n21. The van der Waals surface area contributed by atoms with Crippen LogP contribution in [0.3, 0.4) is 0 Å². The lowest BCUT2D eigenvalue weighted by molar-refractivity contribution is -0.119. The topological polar surface area (TPSA) is 68.4 Å². The summed E-state index contributed by atoms with van der Waals surface area (Å²) in [4.78, 5) is 29.6. The molecule has 6 heteroatoms. The molecular formula is C23H24N4O2.